The van der Waals surface area contributed by atoms with Crippen LogP contribution in [0.15, 0.2) is 0 Å². The second kappa shape index (κ2) is 10.4. The number of ether oxygens (including phenoxy) is 2. The van der Waals surface area contributed by atoms with Crippen LogP contribution in [-0.4, -0.2) is 100 Å². The number of likely N-dealkylation sites (N-methyl/N-ethyl adjacent to an activating group) is 2. The molecule has 0 aliphatic carbocycles. The molecule has 0 bridgehead atoms. The van der Waals surface area contributed by atoms with Gasteiger partial charge in [0, 0.05) is 24.8 Å². The molecule has 0 aromatic carbocycles. The molecule has 162 valence electrons. The Morgan fingerprint density at radius 2 is 1.00 bits per heavy atom. The minimum atomic E-state index is -1.38. The molecule has 0 spiro atoms. The highest BCUT2D eigenvalue weighted by Gasteiger charge is 2.32. The van der Waals surface area contributed by atoms with Crippen LogP contribution in [0.5, 0.6) is 0 Å². The van der Waals surface area contributed by atoms with Crippen molar-refractivity contribution in [3.05, 3.63) is 0 Å². The SMILES string of the molecule is CC(C(=O)OC(CC(=O)[O-])C[N+](C)(C)C)C(=O)OC(CC(=O)[O-])C[N+](C)(C)C. The quantitative estimate of drug-likeness (QED) is 0.193. The summed E-state index contributed by atoms with van der Waals surface area (Å²) in [7, 11) is 10.8. The summed E-state index contributed by atoms with van der Waals surface area (Å²) in [6.45, 7) is 1.67. The van der Waals surface area contributed by atoms with Crippen molar-refractivity contribution in [2.24, 2.45) is 5.92 Å². The van der Waals surface area contributed by atoms with Crippen LogP contribution >= 0.6 is 0 Å². The van der Waals surface area contributed by atoms with E-state index in [0.717, 1.165) is 0 Å². The van der Waals surface area contributed by atoms with Crippen LogP contribution in [0.4, 0.5) is 0 Å². The number of hydrogen-bond donors (Lipinski definition) is 0. The lowest BCUT2D eigenvalue weighted by molar-refractivity contribution is -0.873. The van der Waals surface area contributed by atoms with Crippen LogP contribution in [0, 0.1) is 5.92 Å². The van der Waals surface area contributed by atoms with E-state index in [0.29, 0.717) is 8.97 Å². The van der Waals surface area contributed by atoms with Crippen molar-refractivity contribution in [1.82, 2.24) is 0 Å². The van der Waals surface area contributed by atoms with Gasteiger partial charge in [0.2, 0.25) is 0 Å². The normalized spacial score (nSPS) is 15.2. The maximum atomic E-state index is 12.3. The lowest BCUT2D eigenvalue weighted by Gasteiger charge is -2.30. The van der Waals surface area contributed by atoms with Gasteiger partial charge in [-0.15, -0.1) is 0 Å². The second-order valence-electron chi connectivity index (χ2n) is 8.94. The number of quaternary nitrogens is 2. The van der Waals surface area contributed by atoms with Gasteiger partial charge in [-0.2, -0.15) is 0 Å². The zero-order valence-corrected chi connectivity index (χ0v) is 17.7. The molecular formula is C18H32N2O8. The second-order valence-corrected chi connectivity index (χ2v) is 8.94. The van der Waals surface area contributed by atoms with Crippen LogP contribution in [0.1, 0.15) is 19.8 Å². The van der Waals surface area contributed by atoms with Gasteiger partial charge in [0.15, 0.2) is 18.1 Å². The van der Waals surface area contributed by atoms with Crippen molar-refractivity contribution in [1.29, 1.82) is 0 Å². The molecule has 0 heterocycles. The molecule has 0 aliphatic heterocycles. The molecule has 28 heavy (non-hydrogen) atoms. The molecule has 10 heteroatoms. The summed E-state index contributed by atoms with van der Waals surface area (Å²) in [4.78, 5) is 46.3. The molecule has 0 aromatic rings. The molecule has 10 nitrogen and oxygen atoms in total. The molecule has 0 saturated carbocycles. The Kier molecular flexibility index (Phi) is 9.56. The Bertz CT molecular complexity index is 527. The van der Waals surface area contributed by atoms with E-state index in [1.165, 1.54) is 6.92 Å². The standard InChI is InChI=1S/C18H32N2O8/c1-12(17(25)27-13(8-15(21)22)10-19(2,3)4)18(26)28-14(9-16(23)24)11-20(5,6)7/h12-14H,8-11H2,1-7H3. The Labute approximate surface area is 165 Å². The van der Waals surface area contributed by atoms with E-state index in [1.54, 1.807) is 42.3 Å². The highest BCUT2D eigenvalue weighted by molar-refractivity contribution is 5.94. The molecule has 0 amide bonds. The number of carbonyl (C=O) groups excluding carboxylic acids is 4. The summed E-state index contributed by atoms with van der Waals surface area (Å²) >= 11 is 0. The average Bonchev–Trinajstić information content (AvgIpc) is 2.40. The number of rotatable bonds is 12. The van der Waals surface area contributed by atoms with E-state index in [2.05, 4.69) is 0 Å². The molecule has 0 aromatic heterocycles. The van der Waals surface area contributed by atoms with Crippen LogP contribution in [0.25, 0.3) is 0 Å². The number of aliphatic carboxylic acids is 2. The van der Waals surface area contributed by atoms with E-state index in [4.69, 9.17) is 9.47 Å². The first kappa shape index (κ1) is 25.8. The molecule has 0 rings (SSSR count). The first-order chi connectivity index (χ1) is 12.5. The van der Waals surface area contributed by atoms with Crippen molar-refractivity contribution in [2.75, 3.05) is 55.4 Å². The molecule has 2 atom stereocenters. The van der Waals surface area contributed by atoms with Gasteiger partial charge >= 0.3 is 11.9 Å². The largest absolute Gasteiger partial charge is 0.550 e. The van der Waals surface area contributed by atoms with Gasteiger partial charge in [-0.3, -0.25) is 9.59 Å². The highest BCUT2D eigenvalue weighted by Crippen LogP contribution is 2.13. The highest BCUT2D eigenvalue weighted by atomic mass is 16.6. The monoisotopic (exact) mass is 404 g/mol. The maximum absolute atomic E-state index is 12.3. The Morgan fingerprint density at radius 3 is 1.21 bits per heavy atom. The van der Waals surface area contributed by atoms with Gasteiger partial charge in [0.05, 0.1) is 42.3 Å². The molecule has 2 unspecified atom stereocenters. The zero-order valence-electron chi connectivity index (χ0n) is 17.7. The molecule has 0 fully saturated rings. The van der Waals surface area contributed by atoms with Crippen molar-refractivity contribution in [3.63, 3.8) is 0 Å². The fraction of sp³-hybridized carbons (Fsp3) is 0.778. The van der Waals surface area contributed by atoms with E-state index >= 15 is 0 Å². The van der Waals surface area contributed by atoms with Gasteiger partial charge in [-0.1, -0.05) is 0 Å². The van der Waals surface area contributed by atoms with E-state index in [9.17, 15) is 29.4 Å². The molecule has 0 aliphatic rings. The minimum absolute atomic E-state index is 0.205. The topological polar surface area (TPSA) is 133 Å². The predicted molar refractivity (Wildman–Crippen MR) is 94.0 cm³/mol. The Morgan fingerprint density at radius 1 is 0.714 bits per heavy atom. The first-order valence-corrected chi connectivity index (χ1v) is 8.91. The number of nitrogens with zero attached hydrogens (tertiary/aromatic N) is 2. The lowest BCUT2D eigenvalue weighted by atomic mass is 10.1. The fourth-order valence-electron chi connectivity index (χ4n) is 2.51. The van der Waals surface area contributed by atoms with Crippen molar-refractivity contribution in [3.8, 4) is 0 Å². The first-order valence-electron chi connectivity index (χ1n) is 8.91. The third-order valence-electron chi connectivity index (χ3n) is 3.56. The number of carboxylic acids is 2. The van der Waals surface area contributed by atoms with Crippen molar-refractivity contribution >= 4 is 23.9 Å². The van der Waals surface area contributed by atoms with Gasteiger partial charge in [0.25, 0.3) is 0 Å². The van der Waals surface area contributed by atoms with Crippen molar-refractivity contribution in [2.45, 2.75) is 32.0 Å². The van der Waals surface area contributed by atoms with E-state index in [-0.39, 0.29) is 13.1 Å². The van der Waals surface area contributed by atoms with Crippen LogP contribution in [-0.2, 0) is 28.7 Å². The van der Waals surface area contributed by atoms with Crippen molar-refractivity contribution < 1.29 is 47.8 Å². The predicted octanol–water partition coefficient (Wildman–Crippen LogP) is -2.86. The molecule has 0 N–H and O–H groups in total. The van der Waals surface area contributed by atoms with E-state index in [1.807, 2.05) is 0 Å². The summed E-state index contributed by atoms with van der Waals surface area (Å²) < 4.78 is 11.0. The van der Waals surface area contributed by atoms with Crippen LogP contribution in [0.3, 0.4) is 0 Å². The third kappa shape index (κ3) is 12.2. The molecule has 0 radical (unpaired) electrons. The summed E-state index contributed by atoms with van der Waals surface area (Å²) in [5, 5.41) is 21.8. The number of carbonyl (C=O) groups is 4. The Balaban J connectivity index is 5.06. The smallest absolute Gasteiger partial charge is 0.320 e. The Hall–Kier alpha value is -2.20. The van der Waals surface area contributed by atoms with Crippen LogP contribution < -0.4 is 10.2 Å². The van der Waals surface area contributed by atoms with E-state index < -0.39 is 54.8 Å². The zero-order chi connectivity index (χ0) is 22.3. The number of esters is 2. The maximum Gasteiger partial charge on any atom is 0.320 e. The number of hydrogen-bond acceptors (Lipinski definition) is 8. The van der Waals surface area contributed by atoms with Gasteiger partial charge in [0.1, 0.15) is 13.1 Å². The van der Waals surface area contributed by atoms with Crippen LogP contribution in [0.2, 0.25) is 0 Å². The van der Waals surface area contributed by atoms with Gasteiger partial charge in [-0.05, 0) is 6.92 Å². The van der Waals surface area contributed by atoms with Gasteiger partial charge in [-0.25, -0.2) is 0 Å². The minimum Gasteiger partial charge on any atom is -0.550 e. The number of carboxylic acid groups (broad SMARTS) is 2. The average molecular weight is 404 g/mol. The lowest BCUT2D eigenvalue weighted by Crippen LogP contribution is -2.47. The summed E-state index contributed by atoms with van der Waals surface area (Å²) in [5.74, 6) is -5.98. The van der Waals surface area contributed by atoms with Gasteiger partial charge < -0.3 is 38.2 Å². The molecular weight excluding hydrogens is 372 g/mol. The third-order valence-corrected chi connectivity index (χ3v) is 3.56. The summed E-state index contributed by atoms with van der Waals surface area (Å²) in [6.07, 6.45) is -2.95. The fourth-order valence-corrected chi connectivity index (χ4v) is 2.51. The molecule has 0 saturated heterocycles. The summed E-state index contributed by atoms with van der Waals surface area (Å²) in [5.41, 5.74) is 0. The summed E-state index contributed by atoms with van der Waals surface area (Å²) in [6, 6.07) is 0.